The molecule has 1 unspecified atom stereocenters. The minimum atomic E-state index is -0.525. The Bertz CT molecular complexity index is 866. The fourth-order valence-electron chi connectivity index (χ4n) is 2.50. The largest absolute Gasteiger partial charge is 0.507 e. The van der Waals surface area contributed by atoms with E-state index in [1.54, 1.807) is 24.3 Å². The van der Waals surface area contributed by atoms with Gasteiger partial charge < -0.3 is 14.8 Å². The second-order valence-electron chi connectivity index (χ2n) is 5.38. The van der Waals surface area contributed by atoms with Gasteiger partial charge in [0.1, 0.15) is 16.9 Å². The summed E-state index contributed by atoms with van der Waals surface area (Å²) in [5.74, 6) is -0.0287. The van der Waals surface area contributed by atoms with Gasteiger partial charge in [0.05, 0.1) is 11.4 Å². The van der Waals surface area contributed by atoms with E-state index in [1.807, 2.05) is 38.1 Å². The molecule has 112 valence electrons. The Balaban J connectivity index is 2.01. The number of anilines is 1. The van der Waals surface area contributed by atoms with Crippen LogP contribution in [-0.4, -0.2) is 5.11 Å². The van der Waals surface area contributed by atoms with Crippen LogP contribution in [0.15, 0.2) is 57.7 Å². The zero-order chi connectivity index (χ0) is 15.7. The van der Waals surface area contributed by atoms with Crippen LogP contribution in [0.1, 0.15) is 24.1 Å². The van der Waals surface area contributed by atoms with Crippen molar-refractivity contribution in [2.24, 2.45) is 0 Å². The lowest BCUT2D eigenvalue weighted by molar-refractivity contribution is 0.452. The Morgan fingerprint density at radius 1 is 1.09 bits per heavy atom. The van der Waals surface area contributed by atoms with Crippen LogP contribution >= 0.6 is 0 Å². The van der Waals surface area contributed by atoms with Crippen LogP contribution in [0.3, 0.4) is 0 Å². The molecule has 0 amide bonds. The van der Waals surface area contributed by atoms with Gasteiger partial charge in [0.2, 0.25) is 0 Å². The smallest absolute Gasteiger partial charge is 0.345 e. The Morgan fingerprint density at radius 2 is 1.77 bits per heavy atom. The maximum atomic E-state index is 12.2. The molecule has 1 atom stereocenters. The van der Waals surface area contributed by atoms with Gasteiger partial charge in [-0.15, -0.1) is 0 Å². The minimum absolute atomic E-state index is 0.0287. The van der Waals surface area contributed by atoms with Gasteiger partial charge in [-0.05, 0) is 38.1 Å². The molecule has 0 saturated carbocycles. The highest BCUT2D eigenvalue weighted by atomic mass is 16.4. The van der Waals surface area contributed by atoms with Crippen LogP contribution in [0, 0.1) is 6.92 Å². The maximum absolute atomic E-state index is 12.2. The van der Waals surface area contributed by atoms with Crippen LogP contribution in [0.5, 0.6) is 5.75 Å². The number of rotatable bonds is 3. The fourth-order valence-corrected chi connectivity index (χ4v) is 2.50. The first-order valence-corrected chi connectivity index (χ1v) is 7.14. The number of aromatic hydroxyl groups is 1. The van der Waals surface area contributed by atoms with E-state index in [-0.39, 0.29) is 17.4 Å². The summed E-state index contributed by atoms with van der Waals surface area (Å²) in [5.41, 5.74) is 2.13. The lowest BCUT2D eigenvalue weighted by Crippen LogP contribution is -2.17. The zero-order valence-corrected chi connectivity index (χ0v) is 12.5. The predicted octanol–water partition coefficient (Wildman–Crippen LogP) is 3.98. The van der Waals surface area contributed by atoms with E-state index in [0.717, 1.165) is 11.3 Å². The molecular formula is C18H17NO3. The first-order valence-electron chi connectivity index (χ1n) is 7.14. The third-order valence-electron chi connectivity index (χ3n) is 3.69. The molecule has 0 spiro atoms. The zero-order valence-electron chi connectivity index (χ0n) is 12.5. The standard InChI is InChI=1S/C18H17NO3/c1-11-7-9-13(10-8-11)19-12(2)16-17(20)14-5-3-4-6-15(14)22-18(16)21/h3-10,12,19-20H,1-2H3. The minimum Gasteiger partial charge on any atom is -0.507 e. The first kappa shape index (κ1) is 14.2. The number of hydrogen-bond acceptors (Lipinski definition) is 4. The maximum Gasteiger partial charge on any atom is 0.345 e. The van der Waals surface area contributed by atoms with Crippen LogP contribution in [-0.2, 0) is 0 Å². The monoisotopic (exact) mass is 295 g/mol. The van der Waals surface area contributed by atoms with Crippen molar-refractivity contribution in [3.05, 3.63) is 70.1 Å². The van der Waals surface area contributed by atoms with Crippen molar-refractivity contribution in [1.82, 2.24) is 0 Å². The summed E-state index contributed by atoms with van der Waals surface area (Å²) >= 11 is 0. The van der Waals surface area contributed by atoms with Crippen molar-refractivity contribution < 1.29 is 9.52 Å². The predicted molar refractivity (Wildman–Crippen MR) is 87.4 cm³/mol. The summed E-state index contributed by atoms with van der Waals surface area (Å²) in [4.78, 5) is 12.2. The van der Waals surface area contributed by atoms with Crippen molar-refractivity contribution in [2.75, 3.05) is 5.32 Å². The Kier molecular flexibility index (Phi) is 3.59. The molecule has 0 radical (unpaired) electrons. The van der Waals surface area contributed by atoms with E-state index in [4.69, 9.17) is 4.42 Å². The highest BCUT2D eigenvalue weighted by molar-refractivity contribution is 5.84. The van der Waals surface area contributed by atoms with Gasteiger partial charge in [0.25, 0.3) is 0 Å². The molecule has 2 aromatic carbocycles. The van der Waals surface area contributed by atoms with E-state index >= 15 is 0 Å². The van der Waals surface area contributed by atoms with Gasteiger partial charge in [-0.2, -0.15) is 0 Å². The molecular weight excluding hydrogens is 278 g/mol. The van der Waals surface area contributed by atoms with E-state index < -0.39 is 5.63 Å². The molecule has 22 heavy (non-hydrogen) atoms. The van der Waals surface area contributed by atoms with Crippen LogP contribution in [0.4, 0.5) is 5.69 Å². The second-order valence-corrected chi connectivity index (χ2v) is 5.38. The second kappa shape index (κ2) is 5.56. The number of aryl methyl sites for hydroxylation is 1. The quantitative estimate of drug-likeness (QED) is 0.717. The molecule has 0 saturated heterocycles. The van der Waals surface area contributed by atoms with Gasteiger partial charge in [-0.3, -0.25) is 0 Å². The number of nitrogens with one attached hydrogen (secondary N) is 1. The summed E-state index contributed by atoms with van der Waals surface area (Å²) in [5, 5.41) is 14.2. The summed E-state index contributed by atoms with van der Waals surface area (Å²) in [7, 11) is 0. The molecule has 3 rings (SSSR count). The first-order chi connectivity index (χ1) is 10.6. The summed E-state index contributed by atoms with van der Waals surface area (Å²) in [6, 6.07) is 14.4. The highest BCUT2D eigenvalue weighted by Crippen LogP contribution is 2.31. The van der Waals surface area contributed by atoms with Gasteiger partial charge in [-0.1, -0.05) is 29.8 Å². The Hall–Kier alpha value is -2.75. The molecule has 2 N–H and O–H groups in total. The molecule has 0 fully saturated rings. The molecule has 4 nitrogen and oxygen atoms in total. The van der Waals surface area contributed by atoms with Crippen molar-refractivity contribution in [3.63, 3.8) is 0 Å². The molecule has 1 heterocycles. The van der Waals surface area contributed by atoms with Crippen molar-refractivity contribution >= 4 is 16.7 Å². The Labute approximate surface area is 128 Å². The summed E-state index contributed by atoms with van der Waals surface area (Å²) < 4.78 is 5.30. The van der Waals surface area contributed by atoms with Gasteiger partial charge >= 0.3 is 5.63 Å². The van der Waals surface area contributed by atoms with Crippen molar-refractivity contribution in [2.45, 2.75) is 19.9 Å². The number of para-hydroxylation sites is 1. The third kappa shape index (κ3) is 2.55. The lowest BCUT2D eigenvalue weighted by atomic mass is 10.1. The molecule has 4 heteroatoms. The van der Waals surface area contributed by atoms with E-state index in [0.29, 0.717) is 11.0 Å². The molecule has 0 bridgehead atoms. The number of fused-ring (bicyclic) bond motifs is 1. The number of hydrogen-bond donors (Lipinski definition) is 2. The van der Waals surface area contributed by atoms with E-state index in [2.05, 4.69) is 5.32 Å². The average Bonchev–Trinajstić information content (AvgIpc) is 2.49. The van der Waals surface area contributed by atoms with Crippen molar-refractivity contribution in [3.8, 4) is 5.75 Å². The normalized spacial score (nSPS) is 12.3. The highest BCUT2D eigenvalue weighted by Gasteiger charge is 2.19. The third-order valence-corrected chi connectivity index (χ3v) is 3.69. The van der Waals surface area contributed by atoms with Crippen LogP contribution in [0.2, 0.25) is 0 Å². The van der Waals surface area contributed by atoms with Crippen LogP contribution < -0.4 is 10.9 Å². The Morgan fingerprint density at radius 3 is 2.50 bits per heavy atom. The lowest BCUT2D eigenvalue weighted by Gasteiger charge is -2.16. The van der Waals surface area contributed by atoms with Crippen molar-refractivity contribution in [1.29, 1.82) is 0 Å². The summed E-state index contributed by atoms with van der Waals surface area (Å²) in [6.45, 7) is 3.83. The molecule has 1 aromatic heterocycles. The molecule has 0 aliphatic heterocycles. The SMILES string of the molecule is Cc1ccc(NC(C)c2c(O)c3ccccc3oc2=O)cc1. The van der Waals surface area contributed by atoms with Crippen LogP contribution in [0.25, 0.3) is 11.0 Å². The van der Waals surface area contributed by atoms with E-state index in [9.17, 15) is 9.90 Å². The average molecular weight is 295 g/mol. The van der Waals surface area contributed by atoms with E-state index in [1.165, 1.54) is 0 Å². The summed E-state index contributed by atoms with van der Waals surface area (Å²) in [6.07, 6.45) is 0. The van der Waals surface area contributed by atoms with Gasteiger partial charge in [-0.25, -0.2) is 4.79 Å². The van der Waals surface area contributed by atoms with Gasteiger partial charge in [0, 0.05) is 5.69 Å². The molecule has 0 aliphatic carbocycles. The molecule has 3 aromatic rings. The van der Waals surface area contributed by atoms with Gasteiger partial charge in [0.15, 0.2) is 0 Å². The topological polar surface area (TPSA) is 62.5 Å². The molecule has 0 aliphatic rings. The number of benzene rings is 2. The fraction of sp³-hybridized carbons (Fsp3) is 0.167.